The van der Waals surface area contributed by atoms with E-state index in [0.717, 1.165) is 14.7 Å². The summed E-state index contributed by atoms with van der Waals surface area (Å²) in [6, 6.07) is 9.05. The van der Waals surface area contributed by atoms with Crippen molar-refractivity contribution in [2.75, 3.05) is 11.9 Å². The van der Waals surface area contributed by atoms with Gasteiger partial charge < -0.3 is 9.15 Å². The number of carbonyl (C=O) groups is 2. The highest BCUT2D eigenvalue weighted by atomic mass is 79.9. The summed E-state index contributed by atoms with van der Waals surface area (Å²) in [6.07, 6.45) is 4.15. The number of esters is 1. The van der Waals surface area contributed by atoms with Crippen LogP contribution in [0.1, 0.15) is 5.76 Å². The molecular formula is C16H11BrN2O4S. The van der Waals surface area contributed by atoms with E-state index in [1.807, 2.05) is 18.2 Å². The van der Waals surface area contributed by atoms with Crippen LogP contribution < -0.4 is 5.32 Å². The summed E-state index contributed by atoms with van der Waals surface area (Å²) < 4.78 is 11.8. The first kappa shape index (κ1) is 16.4. The predicted octanol–water partition coefficient (Wildman–Crippen LogP) is 3.85. The van der Waals surface area contributed by atoms with Gasteiger partial charge in [0, 0.05) is 10.5 Å². The summed E-state index contributed by atoms with van der Waals surface area (Å²) >= 11 is 4.73. The monoisotopic (exact) mass is 406 g/mol. The maximum atomic E-state index is 11.8. The number of thiazole rings is 1. The average Bonchev–Trinajstić information content (AvgIpc) is 3.19. The van der Waals surface area contributed by atoms with Gasteiger partial charge in [0.05, 0.1) is 16.5 Å². The lowest BCUT2D eigenvalue weighted by molar-refractivity contribution is -0.142. The SMILES string of the molecule is O=C(COC(=O)/C=C/c1ccco1)Nc1nc2ccc(Br)cc2s1. The molecule has 0 spiro atoms. The maximum Gasteiger partial charge on any atom is 0.331 e. The number of hydrogen-bond donors (Lipinski definition) is 1. The van der Waals surface area contributed by atoms with Crippen LogP contribution in [-0.4, -0.2) is 23.5 Å². The molecule has 0 aliphatic carbocycles. The smallest absolute Gasteiger partial charge is 0.331 e. The van der Waals surface area contributed by atoms with Crippen LogP contribution in [0, 0.1) is 0 Å². The quantitative estimate of drug-likeness (QED) is 0.513. The molecule has 1 amide bonds. The van der Waals surface area contributed by atoms with Crippen LogP contribution in [-0.2, 0) is 14.3 Å². The summed E-state index contributed by atoms with van der Waals surface area (Å²) in [6.45, 7) is -0.388. The van der Waals surface area contributed by atoms with Gasteiger partial charge in [0.25, 0.3) is 5.91 Å². The number of ether oxygens (including phenoxy) is 1. The second-order valence-electron chi connectivity index (χ2n) is 4.64. The van der Waals surface area contributed by atoms with Crippen molar-refractivity contribution in [2.24, 2.45) is 0 Å². The number of rotatable bonds is 5. The fourth-order valence-corrected chi connectivity index (χ4v) is 3.26. The van der Waals surface area contributed by atoms with Gasteiger partial charge in [0.15, 0.2) is 11.7 Å². The van der Waals surface area contributed by atoms with Gasteiger partial charge in [-0.3, -0.25) is 10.1 Å². The highest BCUT2D eigenvalue weighted by Crippen LogP contribution is 2.28. The van der Waals surface area contributed by atoms with Crippen molar-refractivity contribution in [3.63, 3.8) is 0 Å². The van der Waals surface area contributed by atoms with Crippen LogP contribution in [0.2, 0.25) is 0 Å². The molecule has 0 atom stereocenters. The Labute approximate surface area is 149 Å². The van der Waals surface area contributed by atoms with Gasteiger partial charge in [-0.05, 0) is 36.4 Å². The normalized spacial score (nSPS) is 11.0. The Morgan fingerprint density at radius 2 is 2.25 bits per heavy atom. The van der Waals surface area contributed by atoms with E-state index in [4.69, 9.17) is 9.15 Å². The van der Waals surface area contributed by atoms with E-state index in [1.54, 1.807) is 12.1 Å². The van der Waals surface area contributed by atoms with Gasteiger partial charge in [0.1, 0.15) is 5.76 Å². The van der Waals surface area contributed by atoms with Gasteiger partial charge >= 0.3 is 5.97 Å². The van der Waals surface area contributed by atoms with E-state index in [2.05, 4.69) is 26.2 Å². The van der Waals surface area contributed by atoms with Crippen molar-refractivity contribution in [3.8, 4) is 0 Å². The van der Waals surface area contributed by atoms with Crippen LogP contribution in [0.3, 0.4) is 0 Å². The highest BCUT2D eigenvalue weighted by Gasteiger charge is 2.10. The number of carbonyl (C=O) groups excluding carboxylic acids is 2. The average molecular weight is 407 g/mol. The summed E-state index contributed by atoms with van der Waals surface area (Å²) in [4.78, 5) is 27.6. The second-order valence-corrected chi connectivity index (χ2v) is 6.58. The Morgan fingerprint density at radius 1 is 1.38 bits per heavy atom. The lowest BCUT2D eigenvalue weighted by atomic mass is 10.3. The molecule has 0 unspecified atom stereocenters. The van der Waals surface area contributed by atoms with E-state index >= 15 is 0 Å². The zero-order valence-corrected chi connectivity index (χ0v) is 14.6. The van der Waals surface area contributed by atoms with Crippen LogP contribution in [0.25, 0.3) is 16.3 Å². The standard InChI is InChI=1S/C16H11BrN2O4S/c17-10-3-5-12-13(8-10)24-16(18-12)19-14(20)9-23-15(21)6-4-11-2-1-7-22-11/h1-8H,9H2,(H,18,19,20)/b6-4+. The molecule has 0 saturated carbocycles. The predicted molar refractivity (Wildman–Crippen MR) is 94.7 cm³/mol. The molecule has 0 bridgehead atoms. The third-order valence-corrected chi connectivity index (χ3v) is 4.30. The molecule has 2 heterocycles. The third kappa shape index (κ3) is 4.30. The van der Waals surface area contributed by atoms with Gasteiger partial charge in [-0.1, -0.05) is 27.3 Å². The van der Waals surface area contributed by atoms with Gasteiger partial charge in [-0.2, -0.15) is 0 Å². The first-order valence-corrected chi connectivity index (χ1v) is 8.45. The first-order valence-electron chi connectivity index (χ1n) is 6.84. The number of anilines is 1. The van der Waals surface area contributed by atoms with Gasteiger partial charge in [-0.25, -0.2) is 9.78 Å². The maximum absolute atomic E-state index is 11.8. The molecule has 2 aromatic heterocycles. The van der Waals surface area contributed by atoms with Crippen molar-refractivity contribution in [2.45, 2.75) is 0 Å². The lowest BCUT2D eigenvalue weighted by Crippen LogP contribution is -2.19. The van der Waals surface area contributed by atoms with Crippen molar-refractivity contribution >= 4 is 60.6 Å². The molecule has 3 rings (SSSR count). The molecule has 0 fully saturated rings. The molecule has 8 heteroatoms. The largest absolute Gasteiger partial charge is 0.465 e. The number of nitrogens with one attached hydrogen (secondary N) is 1. The van der Waals surface area contributed by atoms with E-state index in [0.29, 0.717) is 10.9 Å². The number of fused-ring (bicyclic) bond motifs is 1. The number of hydrogen-bond acceptors (Lipinski definition) is 6. The van der Waals surface area contributed by atoms with E-state index < -0.39 is 11.9 Å². The summed E-state index contributed by atoms with van der Waals surface area (Å²) in [7, 11) is 0. The minimum atomic E-state index is -0.630. The summed E-state index contributed by atoms with van der Waals surface area (Å²) in [5.41, 5.74) is 0.789. The molecule has 0 aliphatic heterocycles. The molecule has 122 valence electrons. The molecule has 24 heavy (non-hydrogen) atoms. The van der Waals surface area contributed by atoms with E-state index in [1.165, 1.54) is 29.8 Å². The second kappa shape index (κ2) is 7.41. The molecule has 0 radical (unpaired) electrons. The Hall–Kier alpha value is -2.45. The highest BCUT2D eigenvalue weighted by molar-refractivity contribution is 9.10. The van der Waals surface area contributed by atoms with Crippen molar-refractivity contribution in [1.82, 2.24) is 4.98 Å². The minimum absolute atomic E-state index is 0.388. The van der Waals surface area contributed by atoms with Gasteiger partial charge in [0.2, 0.25) is 0 Å². The van der Waals surface area contributed by atoms with Crippen LogP contribution in [0.15, 0.2) is 51.6 Å². The third-order valence-electron chi connectivity index (χ3n) is 2.87. The first-order chi connectivity index (χ1) is 11.6. The number of aromatic nitrogens is 1. The number of amides is 1. The van der Waals surface area contributed by atoms with E-state index in [-0.39, 0.29) is 6.61 Å². The van der Waals surface area contributed by atoms with Crippen molar-refractivity contribution in [1.29, 1.82) is 0 Å². The number of nitrogens with zero attached hydrogens (tertiary/aromatic N) is 1. The molecule has 3 aromatic rings. The fourth-order valence-electron chi connectivity index (χ4n) is 1.83. The molecule has 1 N–H and O–H groups in total. The van der Waals surface area contributed by atoms with Gasteiger partial charge in [-0.15, -0.1) is 0 Å². The minimum Gasteiger partial charge on any atom is -0.465 e. The molecule has 0 saturated heterocycles. The fraction of sp³-hybridized carbons (Fsp3) is 0.0625. The molecule has 1 aromatic carbocycles. The Bertz CT molecular complexity index is 902. The zero-order chi connectivity index (χ0) is 16.9. The van der Waals surface area contributed by atoms with Crippen LogP contribution in [0.4, 0.5) is 5.13 Å². The van der Waals surface area contributed by atoms with Crippen molar-refractivity contribution in [3.05, 3.63) is 52.9 Å². The summed E-state index contributed by atoms with van der Waals surface area (Å²) in [5, 5.41) is 3.06. The zero-order valence-electron chi connectivity index (χ0n) is 12.2. The molecular weight excluding hydrogens is 396 g/mol. The van der Waals surface area contributed by atoms with Crippen LogP contribution >= 0.6 is 27.3 Å². The Balaban J connectivity index is 1.52. The van der Waals surface area contributed by atoms with Crippen LogP contribution in [0.5, 0.6) is 0 Å². The Kier molecular flexibility index (Phi) is 5.07. The molecule has 6 nitrogen and oxygen atoms in total. The molecule has 0 aliphatic rings. The topological polar surface area (TPSA) is 81.4 Å². The van der Waals surface area contributed by atoms with Crippen molar-refractivity contribution < 1.29 is 18.7 Å². The number of furan rings is 1. The van der Waals surface area contributed by atoms with E-state index in [9.17, 15) is 9.59 Å². The lowest BCUT2D eigenvalue weighted by Gasteiger charge is -2.01. The summed E-state index contributed by atoms with van der Waals surface area (Å²) in [5.74, 6) is -0.556. The number of benzene rings is 1. The number of halogens is 1. The Morgan fingerprint density at radius 3 is 3.04 bits per heavy atom.